The lowest BCUT2D eigenvalue weighted by Crippen LogP contribution is -2.44. The first-order valence-electron chi connectivity index (χ1n) is 7.35. The zero-order valence-electron chi connectivity index (χ0n) is 12.4. The number of imidazole rings is 1. The molecule has 0 saturated heterocycles. The molecule has 1 aromatic heterocycles. The monoisotopic (exact) mass is 283 g/mol. The molecule has 1 N–H and O–H groups in total. The number of aromatic nitrogens is 2. The van der Waals surface area contributed by atoms with Gasteiger partial charge in [-0.1, -0.05) is 24.3 Å². The Morgan fingerprint density at radius 1 is 1.33 bits per heavy atom. The summed E-state index contributed by atoms with van der Waals surface area (Å²) < 4.78 is 2.06. The van der Waals surface area contributed by atoms with E-state index < -0.39 is 0 Å². The third kappa shape index (κ3) is 3.24. The molecule has 0 amide bonds. The molecule has 1 aromatic carbocycles. The van der Waals surface area contributed by atoms with Crippen molar-refractivity contribution in [3.05, 3.63) is 54.1 Å². The highest BCUT2D eigenvalue weighted by Gasteiger charge is 2.18. The number of guanidine groups is 1. The van der Waals surface area contributed by atoms with Crippen molar-refractivity contribution in [2.75, 3.05) is 20.1 Å². The van der Waals surface area contributed by atoms with Gasteiger partial charge in [0.05, 0.1) is 6.33 Å². The summed E-state index contributed by atoms with van der Waals surface area (Å²) in [5, 5.41) is 3.44. The van der Waals surface area contributed by atoms with Crippen LogP contribution in [0.5, 0.6) is 0 Å². The molecule has 1 aliphatic rings. The highest BCUT2D eigenvalue weighted by molar-refractivity contribution is 5.80. The molecule has 110 valence electrons. The minimum atomic E-state index is 0.848. The quantitative estimate of drug-likeness (QED) is 0.686. The van der Waals surface area contributed by atoms with Gasteiger partial charge in [0.15, 0.2) is 5.96 Å². The minimum Gasteiger partial charge on any atom is -0.354 e. The topological polar surface area (TPSA) is 45.5 Å². The van der Waals surface area contributed by atoms with Crippen molar-refractivity contribution in [3.8, 4) is 0 Å². The summed E-state index contributed by atoms with van der Waals surface area (Å²) >= 11 is 0. The van der Waals surface area contributed by atoms with Crippen molar-refractivity contribution in [1.29, 1.82) is 0 Å². The predicted octanol–water partition coefficient (Wildman–Crippen LogP) is 1.52. The minimum absolute atomic E-state index is 0.848. The van der Waals surface area contributed by atoms with Crippen LogP contribution in [0.25, 0.3) is 0 Å². The van der Waals surface area contributed by atoms with Gasteiger partial charge in [-0.2, -0.15) is 0 Å². The van der Waals surface area contributed by atoms with Gasteiger partial charge in [0.1, 0.15) is 0 Å². The average molecular weight is 283 g/mol. The highest BCUT2D eigenvalue weighted by Crippen LogP contribution is 2.18. The average Bonchev–Trinajstić information content (AvgIpc) is 3.04. The van der Waals surface area contributed by atoms with Gasteiger partial charge >= 0.3 is 0 Å². The second-order valence-corrected chi connectivity index (χ2v) is 5.21. The standard InChI is InChI=1S/C16H21N5/c1-17-16(19-8-11-20-10-7-18-13-20)21-9-6-14-4-2-3-5-15(14)12-21/h2-5,7,10,13H,6,8-9,11-12H2,1H3,(H,17,19). The molecule has 0 atom stereocenters. The first-order valence-corrected chi connectivity index (χ1v) is 7.35. The van der Waals surface area contributed by atoms with Gasteiger partial charge in [-0.3, -0.25) is 4.99 Å². The Labute approximate surface area is 125 Å². The van der Waals surface area contributed by atoms with E-state index in [4.69, 9.17) is 0 Å². The van der Waals surface area contributed by atoms with Crippen LogP contribution in [0.15, 0.2) is 48.0 Å². The highest BCUT2D eigenvalue weighted by atomic mass is 15.3. The van der Waals surface area contributed by atoms with Gasteiger partial charge in [-0.25, -0.2) is 4.98 Å². The van der Waals surface area contributed by atoms with Gasteiger partial charge in [0.25, 0.3) is 0 Å². The maximum atomic E-state index is 4.41. The molecule has 1 aliphatic heterocycles. The van der Waals surface area contributed by atoms with Crippen LogP contribution in [0.4, 0.5) is 0 Å². The van der Waals surface area contributed by atoms with Crippen LogP contribution in [-0.2, 0) is 19.5 Å². The lowest BCUT2D eigenvalue weighted by molar-refractivity contribution is 0.377. The first-order chi connectivity index (χ1) is 10.4. The lowest BCUT2D eigenvalue weighted by Gasteiger charge is -2.31. The predicted molar refractivity (Wildman–Crippen MR) is 84.1 cm³/mol. The largest absolute Gasteiger partial charge is 0.354 e. The summed E-state index contributed by atoms with van der Waals surface area (Å²) in [4.78, 5) is 10.8. The molecule has 0 saturated carbocycles. The maximum absolute atomic E-state index is 4.41. The lowest BCUT2D eigenvalue weighted by atomic mass is 10.0. The van der Waals surface area contributed by atoms with E-state index in [9.17, 15) is 0 Å². The second-order valence-electron chi connectivity index (χ2n) is 5.21. The van der Waals surface area contributed by atoms with Crippen LogP contribution in [0, 0.1) is 0 Å². The van der Waals surface area contributed by atoms with E-state index in [1.807, 2.05) is 19.6 Å². The number of hydrogen-bond acceptors (Lipinski definition) is 2. The van der Waals surface area contributed by atoms with Gasteiger partial charge in [-0.05, 0) is 17.5 Å². The van der Waals surface area contributed by atoms with Crippen LogP contribution in [0.1, 0.15) is 11.1 Å². The van der Waals surface area contributed by atoms with E-state index in [0.717, 1.165) is 38.6 Å². The third-order valence-corrected chi connectivity index (χ3v) is 3.85. The molecule has 5 nitrogen and oxygen atoms in total. The molecule has 3 rings (SSSR count). The number of nitrogens with zero attached hydrogens (tertiary/aromatic N) is 4. The summed E-state index contributed by atoms with van der Waals surface area (Å²) in [6.45, 7) is 3.69. The van der Waals surface area contributed by atoms with E-state index in [1.54, 1.807) is 6.20 Å². The molecule has 0 bridgehead atoms. The van der Waals surface area contributed by atoms with E-state index in [1.165, 1.54) is 11.1 Å². The Bertz CT molecular complexity index is 603. The number of nitrogens with one attached hydrogen (secondary N) is 1. The number of hydrogen-bond donors (Lipinski definition) is 1. The van der Waals surface area contributed by atoms with Gasteiger partial charge < -0.3 is 14.8 Å². The van der Waals surface area contributed by atoms with Gasteiger partial charge in [0.2, 0.25) is 0 Å². The number of aliphatic imine (C=N–C) groups is 1. The first kappa shape index (κ1) is 13.7. The molecular formula is C16H21N5. The molecule has 0 radical (unpaired) electrons. The fourth-order valence-corrected chi connectivity index (χ4v) is 2.72. The fourth-order valence-electron chi connectivity index (χ4n) is 2.72. The third-order valence-electron chi connectivity index (χ3n) is 3.85. The van der Waals surface area contributed by atoms with E-state index in [2.05, 4.69) is 49.0 Å². The van der Waals surface area contributed by atoms with Crippen molar-refractivity contribution < 1.29 is 0 Å². The summed E-state index contributed by atoms with van der Waals surface area (Å²) in [7, 11) is 1.85. The molecule has 0 spiro atoms. The normalized spacial score (nSPS) is 14.9. The van der Waals surface area contributed by atoms with Crippen LogP contribution in [0.3, 0.4) is 0 Å². The molecule has 5 heteroatoms. The van der Waals surface area contributed by atoms with Gasteiger partial charge in [0, 0.05) is 45.6 Å². The van der Waals surface area contributed by atoms with Crippen molar-refractivity contribution >= 4 is 5.96 Å². The molecule has 0 fully saturated rings. The summed E-state index contributed by atoms with van der Waals surface area (Å²) in [6.07, 6.45) is 6.69. The van der Waals surface area contributed by atoms with E-state index in [-0.39, 0.29) is 0 Å². The maximum Gasteiger partial charge on any atom is 0.194 e. The second kappa shape index (κ2) is 6.43. The van der Waals surface area contributed by atoms with Gasteiger partial charge in [-0.15, -0.1) is 0 Å². The SMILES string of the molecule is CN=C(NCCn1ccnc1)N1CCc2ccccc2C1. The Kier molecular flexibility index (Phi) is 4.19. The van der Waals surface area contributed by atoms with Crippen molar-refractivity contribution in [1.82, 2.24) is 19.8 Å². The van der Waals surface area contributed by atoms with Crippen LogP contribution in [-0.4, -0.2) is 40.5 Å². The molecule has 21 heavy (non-hydrogen) atoms. The Morgan fingerprint density at radius 2 is 2.19 bits per heavy atom. The molecule has 2 heterocycles. The van der Waals surface area contributed by atoms with Crippen molar-refractivity contribution in [2.24, 2.45) is 4.99 Å². The molecular weight excluding hydrogens is 262 g/mol. The Balaban J connectivity index is 1.57. The van der Waals surface area contributed by atoms with Crippen molar-refractivity contribution in [3.63, 3.8) is 0 Å². The zero-order chi connectivity index (χ0) is 14.5. The summed E-state index contributed by atoms with van der Waals surface area (Å²) in [5.74, 6) is 0.976. The Morgan fingerprint density at radius 3 is 2.95 bits per heavy atom. The van der Waals surface area contributed by atoms with Crippen LogP contribution >= 0.6 is 0 Å². The number of fused-ring (bicyclic) bond motifs is 1. The fraction of sp³-hybridized carbons (Fsp3) is 0.375. The molecule has 2 aromatic rings. The summed E-state index contributed by atoms with van der Waals surface area (Å²) in [6, 6.07) is 8.66. The molecule has 0 unspecified atom stereocenters. The van der Waals surface area contributed by atoms with E-state index in [0.29, 0.717) is 0 Å². The smallest absolute Gasteiger partial charge is 0.194 e. The Hall–Kier alpha value is -2.30. The molecule has 0 aliphatic carbocycles. The van der Waals surface area contributed by atoms with Crippen LogP contribution < -0.4 is 5.32 Å². The number of rotatable bonds is 3. The number of benzene rings is 1. The van der Waals surface area contributed by atoms with Crippen LogP contribution in [0.2, 0.25) is 0 Å². The summed E-state index contributed by atoms with van der Waals surface area (Å²) in [5.41, 5.74) is 2.86. The zero-order valence-corrected chi connectivity index (χ0v) is 12.4. The van der Waals surface area contributed by atoms with Crippen molar-refractivity contribution in [2.45, 2.75) is 19.5 Å². The van der Waals surface area contributed by atoms with E-state index >= 15 is 0 Å².